The highest BCUT2D eigenvalue weighted by molar-refractivity contribution is 7.99. The molecule has 0 saturated heterocycles. The van der Waals surface area contributed by atoms with Crippen LogP contribution < -0.4 is 0 Å². The van der Waals surface area contributed by atoms with E-state index in [2.05, 4.69) is 22.1 Å². The van der Waals surface area contributed by atoms with E-state index in [1.165, 1.54) is 0 Å². The molecule has 16 heavy (non-hydrogen) atoms. The van der Waals surface area contributed by atoms with Crippen LogP contribution >= 0.6 is 23.1 Å². The minimum absolute atomic E-state index is 0.629. The second-order valence-corrected chi connectivity index (χ2v) is 5.45. The van der Waals surface area contributed by atoms with Gasteiger partial charge in [-0.05, 0) is 13.3 Å². The van der Waals surface area contributed by atoms with Gasteiger partial charge in [0.25, 0.3) is 5.22 Å². The number of aromatic nitrogens is 3. The summed E-state index contributed by atoms with van der Waals surface area (Å²) in [6, 6.07) is 0. The SMILES string of the molecule is CCCSc1nnc(Cc2csc(C)n2)o1. The highest BCUT2D eigenvalue weighted by atomic mass is 32.2. The fourth-order valence-corrected chi connectivity index (χ4v) is 2.45. The summed E-state index contributed by atoms with van der Waals surface area (Å²) in [6.45, 7) is 4.12. The lowest BCUT2D eigenvalue weighted by molar-refractivity contribution is 0.419. The van der Waals surface area contributed by atoms with E-state index in [4.69, 9.17) is 4.42 Å². The number of hydrogen-bond acceptors (Lipinski definition) is 6. The minimum atomic E-state index is 0.629. The molecule has 0 radical (unpaired) electrons. The third kappa shape index (κ3) is 3.05. The van der Waals surface area contributed by atoms with E-state index in [0.717, 1.165) is 22.9 Å². The van der Waals surface area contributed by atoms with Gasteiger partial charge in [-0.2, -0.15) is 0 Å². The molecule has 0 spiro atoms. The van der Waals surface area contributed by atoms with Crippen LogP contribution in [-0.4, -0.2) is 20.9 Å². The Morgan fingerprint density at radius 3 is 3.00 bits per heavy atom. The average molecular weight is 255 g/mol. The van der Waals surface area contributed by atoms with Crippen LogP contribution in [0.15, 0.2) is 15.0 Å². The zero-order valence-electron chi connectivity index (χ0n) is 9.27. The Bertz CT molecular complexity index is 452. The predicted molar refractivity (Wildman–Crippen MR) is 65.0 cm³/mol. The number of hydrogen-bond donors (Lipinski definition) is 0. The van der Waals surface area contributed by atoms with Crippen molar-refractivity contribution < 1.29 is 4.42 Å². The minimum Gasteiger partial charge on any atom is -0.416 e. The molecular formula is C10H13N3OS2. The van der Waals surface area contributed by atoms with Crippen molar-refractivity contribution in [3.63, 3.8) is 0 Å². The molecule has 0 aliphatic heterocycles. The third-order valence-electron chi connectivity index (χ3n) is 1.88. The van der Waals surface area contributed by atoms with Gasteiger partial charge in [-0.25, -0.2) is 4.98 Å². The van der Waals surface area contributed by atoms with Crippen LogP contribution in [0.5, 0.6) is 0 Å². The van der Waals surface area contributed by atoms with Crippen molar-refractivity contribution in [1.29, 1.82) is 0 Å². The van der Waals surface area contributed by atoms with Gasteiger partial charge in [0.15, 0.2) is 0 Å². The van der Waals surface area contributed by atoms with Gasteiger partial charge in [-0.15, -0.1) is 21.5 Å². The van der Waals surface area contributed by atoms with Gasteiger partial charge in [-0.3, -0.25) is 0 Å². The van der Waals surface area contributed by atoms with E-state index in [1.807, 2.05) is 12.3 Å². The summed E-state index contributed by atoms with van der Waals surface area (Å²) in [5, 5.41) is 11.7. The van der Waals surface area contributed by atoms with Crippen molar-refractivity contribution in [1.82, 2.24) is 15.2 Å². The van der Waals surface area contributed by atoms with Gasteiger partial charge in [0.2, 0.25) is 5.89 Å². The Morgan fingerprint density at radius 1 is 1.44 bits per heavy atom. The first-order valence-electron chi connectivity index (χ1n) is 5.14. The maximum Gasteiger partial charge on any atom is 0.276 e. The smallest absolute Gasteiger partial charge is 0.276 e. The van der Waals surface area contributed by atoms with Crippen LogP contribution in [0.3, 0.4) is 0 Å². The van der Waals surface area contributed by atoms with Gasteiger partial charge in [0.05, 0.1) is 17.1 Å². The van der Waals surface area contributed by atoms with Crippen molar-refractivity contribution in [2.24, 2.45) is 0 Å². The van der Waals surface area contributed by atoms with Gasteiger partial charge in [0, 0.05) is 11.1 Å². The van der Waals surface area contributed by atoms with Crippen LogP contribution in [0.1, 0.15) is 29.9 Å². The molecule has 2 rings (SSSR count). The van der Waals surface area contributed by atoms with Crippen LogP contribution in [0.25, 0.3) is 0 Å². The summed E-state index contributed by atoms with van der Waals surface area (Å²) < 4.78 is 5.50. The van der Waals surface area contributed by atoms with Gasteiger partial charge < -0.3 is 4.42 Å². The molecule has 0 saturated carbocycles. The van der Waals surface area contributed by atoms with Crippen molar-refractivity contribution in [2.75, 3.05) is 5.75 Å². The Hall–Kier alpha value is -0.880. The van der Waals surface area contributed by atoms with Crippen LogP contribution in [0.4, 0.5) is 0 Å². The van der Waals surface area contributed by atoms with Crippen LogP contribution in [0, 0.1) is 6.92 Å². The van der Waals surface area contributed by atoms with E-state index < -0.39 is 0 Å². The maximum atomic E-state index is 5.50. The zero-order valence-corrected chi connectivity index (χ0v) is 10.9. The fraction of sp³-hybridized carbons (Fsp3) is 0.500. The molecule has 2 heterocycles. The number of thioether (sulfide) groups is 1. The Labute approximate surface area is 102 Å². The Morgan fingerprint density at radius 2 is 2.31 bits per heavy atom. The van der Waals surface area contributed by atoms with E-state index in [-0.39, 0.29) is 0 Å². The van der Waals surface area contributed by atoms with Crippen molar-refractivity contribution in [3.05, 3.63) is 22.0 Å². The molecule has 0 aromatic carbocycles. The number of rotatable bonds is 5. The predicted octanol–water partition coefficient (Wildman–Crippen LogP) is 2.93. The molecule has 0 aliphatic carbocycles. The summed E-state index contributed by atoms with van der Waals surface area (Å²) in [4.78, 5) is 4.36. The second-order valence-electron chi connectivity index (χ2n) is 3.34. The van der Waals surface area contributed by atoms with E-state index in [9.17, 15) is 0 Å². The normalized spacial score (nSPS) is 10.9. The Kier molecular flexibility index (Phi) is 3.95. The molecule has 0 unspecified atom stereocenters. The van der Waals surface area contributed by atoms with Crippen molar-refractivity contribution in [2.45, 2.75) is 31.9 Å². The van der Waals surface area contributed by atoms with Crippen LogP contribution in [0.2, 0.25) is 0 Å². The summed E-state index contributed by atoms with van der Waals surface area (Å²) in [6.07, 6.45) is 1.73. The quantitative estimate of drug-likeness (QED) is 0.769. The summed E-state index contributed by atoms with van der Waals surface area (Å²) in [7, 11) is 0. The first-order valence-corrected chi connectivity index (χ1v) is 7.00. The summed E-state index contributed by atoms with van der Waals surface area (Å²) in [5.74, 6) is 1.65. The molecular weight excluding hydrogens is 242 g/mol. The molecule has 0 aliphatic rings. The average Bonchev–Trinajstić information content (AvgIpc) is 2.86. The van der Waals surface area contributed by atoms with Gasteiger partial charge in [0.1, 0.15) is 0 Å². The lowest BCUT2D eigenvalue weighted by atomic mass is 10.3. The standard InChI is InChI=1S/C10H13N3OS2/c1-3-4-15-10-13-12-9(14-10)5-8-6-16-7(2)11-8/h6H,3-5H2,1-2H3. The van der Waals surface area contributed by atoms with Crippen molar-refractivity contribution in [3.8, 4) is 0 Å². The molecule has 4 nitrogen and oxygen atoms in total. The molecule has 0 amide bonds. The lowest BCUT2D eigenvalue weighted by Crippen LogP contribution is -1.88. The number of nitrogens with zero attached hydrogens (tertiary/aromatic N) is 3. The largest absolute Gasteiger partial charge is 0.416 e. The monoisotopic (exact) mass is 255 g/mol. The first-order chi connectivity index (χ1) is 7.78. The molecule has 2 aromatic rings. The molecule has 6 heteroatoms. The summed E-state index contributed by atoms with van der Waals surface area (Å²) >= 11 is 3.24. The lowest BCUT2D eigenvalue weighted by Gasteiger charge is -1.90. The third-order valence-corrected chi connectivity index (χ3v) is 3.72. The number of aryl methyl sites for hydroxylation is 1. The summed E-state index contributed by atoms with van der Waals surface area (Å²) in [5.41, 5.74) is 0.998. The molecule has 0 atom stereocenters. The molecule has 0 N–H and O–H groups in total. The fourth-order valence-electron chi connectivity index (χ4n) is 1.20. The molecule has 0 fully saturated rings. The topological polar surface area (TPSA) is 51.8 Å². The Balaban J connectivity index is 1.97. The van der Waals surface area contributed by atoms with E-state index in [0.29, 0.717) is 17.5 Å². The molecule has 2 aromatic heterocycles. The first kappa shape index (κ1) is 11.6. The van der Waals surface area contributed by atoms with Gasteiger partial charge in [-0.1, -0.05) is 18.7 Å². The zero-order chi connectivity index (χ0) is 11.4. The molecule has 0 bridgehead atoms. The second kappa shape index (κ2) is 5.45. The van der Waals surface area contributed by atoms with Crippen molar-refractivity contribution >= 4 is 23.1 Å². The number of thiazole rings is 1. The molecule has 86 valence electrons. The maximum absolute atomic E-state index is 5.50. The van der Waals surface area contributed by atoms with E-state index in [1.54, 1.807) is 23.1 Å². The van der Waals surface area contributed by atoms with Crippen LogP contribution in [-0.2, 0) is 6.42 Å². The highest BCUT2D eigenvalue weighted by Crippen LogP contribution is 2.18. The highest BCUT2D eigenvalue weighted by Gasteiger charge is 2.08. The van der Waals surface area contributed by atoms with Gasteiger partial charge >= 0.3 is 0 Å². The van der Waals surface area contributed by atoms with E-state index >= 15 is 0 Å².